The maximum atomic E-state index is 12.0. The number of anilines is 1. The van der Waals surface area contributed by atoms with Crippen LogP contribution in [0.4, 0.5) is 5.69 Å². The first-order valence-electron chi connectivity index (χ1n) is 6.51. The van der Waals surface area contributed by atoms with Crippen molar-refractivity contribution in [3.63, 3.8) is 0 Å². The fraction of sp³-hybridized carbons (Fsp3) is 0.250. The van der Waals surface area contributed by atoms with Crippen LogP contribution in [0.5, 0.6) is 0 Å². The Labute approximate surface area is 118 Å². The molecular formula is C16H18N2O2. The van der Waals surface area contributed by atoms with Crippen LogP contribution >= 0.6 is 0 Å². The smallest absolute Gasteiger partial charge is 0.251 e. The maximum absolute atomic E-state index is 12.0. The van der Waals surface area contributed by atoms with Gasteiger partial charge in [-0.25, -0.2) is 0 Å². The van der Waals surface area contributed by atoms with E-state index in [4.69, 9.17) is 0 Å². The topological polar surface area (TPSA) is 51.1 Å². The van der Waals surface area contributed by atoms with Crippen LogP contribution in [0.3, 0.4) is 0 Å². The lowest BCUT2D eigenvalue weighted by Crippen LogP contribution is -2.28. The van der Waals surface area contributed by atoms with Gasteiger partial charge in [0.25, 0.3) is 5.56 Å². The van der Waals surface area contributed by atoms with Gasteiger partial charge in [0, 0.05) is 17.4 Å². The summed E-state index contributed by atoms with van der Waals surface area (Å²) in [6.45, 7) is 5.85. The van der Waals surface area contributed by atoms with Crippen LogP contribution in [-0.4, -0.2) is 10.5 Å². The minimum atomic E-state index is -0.204. The van der Waals surface area contributed by atoms with E-state index in [0.717, 1.165) is 16.9 Å². The molecule has 1 aromatic heterocycles. The number of hydrogen-bond donors (Lipinski definition) is 1. The molecule has 0 spiro atoms. The van der Waals surface area contributed by atoms with Crippen molar-refractivity contribution >= 4 is 11.6 Å². The molecule has 0 fully saturated rings. The molecule has 20 heavy (non-hydrogen) atoms. The van der Waals surface area contributed by atoms with Crippen LogP contribution < -0.4 is 10.9 Å². The molecule has 1 N–H and O–H groups in total. The zero-order valence-corrected chi connectivity index (χ0v) is 11.9. The molecule has 0 aliphatic carbocycles. The van der Waals surface area contributed by atoms with E-state index in [1.807, 2.05) is 45.0 Å². The first-order chi connectivity index (χ1) is 9.47. The number of pyridine rings is 1. The highest BCUT2D eigenvalue weighted by Crippen LogP contribution is 2.14. The van der Waals surface area contributed by atoms with Crippen LogP contribution in [0.2, 0.25) is 0 Å². The third kappa shape index (κ3) is 3.15. The predicted octanol–water partition coefficient (Wildman–Crippen LogP) is 2.41. The fourth-order valence-electron chi connectivity index (χ4n) is 1.99. The van der Waals surface area contributed by atoms with Crippen molar-refractivity contribution in [3.05, 3.63) is 63.6 Å². The summed E-state index contributed by atoms with van der Waals surface area (Å²) in [6, 6.07) is 10.7. The van der Waals surface area contributed by atoms with Crippen molar-refractivity contribution in [1.82, 2.24) is 4.57 Å². The highest BCUT2D eigenvalue weighted by molar-refractivity contribution is 5.90. The molecule has 1 heterocycles. The predicted molar refractivity (Wildman–Crippen MR) is 80.0 cm³/mol. The van der Waals surface area contributed by atoms with E-state index in [0.29, 0.717) is 0 Å². The molecule has 2 rings (SSSR count). The molecule has 2 aromatic rings. The van der Waals surface area contributed by atoms with Crippen molar-refractivity contribution in [3.8, 4) is 0 Å². The summed E-state index contributed by atoms with van der Waals surface area (Å²) >= 11 is 0. The summed E-state index contributed by atoms with van der Waals surface area (Å²) in [4.78, 5) is 23.7. The Hall–Kier alpha value is -2.36. The lowest BCUT2D eigenvalue weighted by atomic mass is 10.1. The molecule has 0 atom stereocenters. The molecule has 0 saturated carbocycles. The Kier molecular flexibility index (Phi) is 4.03. The number of hydrogen-bond acceptors (Lipinski definition) is 2. The average Bonchev–Trinajstić information content (AvgIpc) is 2.38. The summed E-state index contributed by atoms with van der Waals surface area (Å²) in [5, 5.41) is 2.81. The zero-order chi connectivity index (χ0) is 14.7. The van der Waals surface area contributed by atoms with Crippen LogP contribution in [0.25, 0.3) is 0 Å². The van der Waals surface area contributed by atoms with Gasteiger partial charge in [-0.1, -0.05) is 12.1 Å². The van der Waals surface area contributed by atoms with Gasteiger partial charge in [0.1, 0.15) is 6.54 Å². The number of rotatable bonds is 3. The summed E-state index contributed by atoms with van der Waals surface area (Å²) in [7, 11) is 0. The summed E-state index contributed by atoms with van der Waals surface area (Å²) in [6.07, 6.45) is 0. The number of carbonyl (C=O) groups is 1. The molecule has 0 saturated heterocycles. The van der Waals surface area contributed by atoms with E-state index in [1.54, 1.807) is 6.07 Å². The number of aromatic nitrogens is 1. The number of nitrogens with zero attached hydrogens (tertiary/aromatic N) is 1. The average molecular weight is 270 g/mol. The molecule has 0 aliphatic rings. The standard InChI is InChI=1S/C16H18N2O2/c1-11-7-8-14(9-12(11)2)17-15(19)10-18-13(3)5-4-6-16(18)20/h4-9H,10H2,1-3H3,(H,17,19). The normalized spacial score (nSPS) is 10.3. The Morgan fingerprint density at radius 2 is 1.85 bits per heavy atom. The van der Waals surface area contributed by atoms with E-state index in [1.165, 1.54) is 16.2 Å². The van der Waals surface area contributed by atoms with E-state index < -0.39 is 0 Å². The molecule has 0 aliphatic heterocycles. The number of aryl methyl sites for hydroxylation is 3. The van der Waals surface area contributed by atoms with Gasteiger partial charge in [0.05, 0.1) is 0 Å². The minimum absolute atomic E-state index is 0.0262. The third-order valence-electron chi connectivity index (χ3n) is 3.36. The lowest BCUT2D eigenvalue weighted by Gasteiger charge is -2.11. The van der Waals surface area contributed by atoms with Crippen LogP contribution in [0.1, 0.15) is 16.8 Å². The molecular weight excluding hydrogens is 252 g/mol. The monoisotopic (exact) mass is 270 g/mol. The van der Waals surface area contributed by atoms with Crippen molar-refractivity contribution in [1.29, 1.82) is 0 Å². The summed E-state index contributed by atoms with van der Waals surface area (Å²) in [5.74, 6) is -0.204. The van der Waals surface area contributed by atoms with Gasteiger partial charge in [-0.05, 0) is 50.1 Å². The van der Waals surface area contributed by atoms with Gasteiger partial charge >= 0.3 is 0 Å². The number of amides is 1. The van der Waals surface area contributed by atoms with E-state index in [9.17, 15) is 9.59 Å². The molecule has 4 heteroatoms. The number of carbonyl (C=O) groups excluding carboxylic acids is 1. The van der Waals surface area contributed by atoms with Gasteiger partial charge in [0.15, 0.2) is 0 Å². The molecule has 104 valence electrons. The third-order valence-corrected chi connectivity index (χ3v) is 3.36. The molecule has 4 nitrogen and oxygen atoms in total. The number of benzene rings is 1. The fourth-order valence-corrected chi connectivity index (χ4v) is 1.99. The summed E-state index contributed by atoms with van der Waals surface area (Å²) in [5.41, 5.74) is 3.65. The first kappa shape index (κ1) is 14.1. The Balaban J connectivity index is 2.13. The van der Waals surface area contributed by atoms with Crippen molar-refractivity contribution < 1.29 is 4.79 Å². The molecule has 1 amide bonds. The molecule has 0 bridgehead atoms. The highest BCUT2D eigenvalue weighted by Gasteiger charge is 2.07. The van der Waals surface area contributed by atoms with Gasteiger partial charge in [0.2, 0.25) is 5.91 Å². The van der Waals surface area contributed by atoms with Crippen molar-refractivity contribution in [2.24, 2.45) is 0 Å². The second-order valence-corrected chi connectivity index (χ2v) is 4.94. The second kappa shape index (κ2) is 5.74. The van der Waals surface area contributed by atoms with E-state index in [2.05, 4.69) is 5.32 Å². The van der Waals surface area contributed by atoms with Crippen LogP contribution in [0.15, 0.2) is 41.2 Å². The SMILES string of the molecule is Cc1ccc(NC(=O)Cn2c(C)cccc2=O)cc1C. The van der Waals surface area contributed by atoms with E-state index >= 15 is 0 Å². The van der Waals surface area contributed by atoms with Gasteiger partial charge in [-0.3, -0.25) is 9.59 Å². The molecule has 0 unspecified atom stereocenters. The van der Waals surface area contributed by atoms with E-state index in [-0.39, 0.29) is 18.0 Å². The molecule has 0 radical (unpaired) electrons. The number of nitrogens with one attached hydrogen (secondary N) is 1. The highest BCUT2D eigenvalue weighted by atomic mass is 16.2. The van der Waals surface area contributed by atoms with Gasteiger partial charge in [-0.2, -0.15) is 0 Å². The van der Waals surface area contributed by atoms with Gasteiger partial charge in [-0.15, -0.1) is 0 Å². The first-order valence-corrected chi connectivity index (χ1v) is 6.51. The maximum Gasteiger partial charge on any atom is 0.251 e. The van der Waals surface area contributed by atoms with Crippen molar-refractivity contribution in [2.75, 3.05) is 5.32 Å². The van der Waals surface area contributed by atoms with Crippen LogP contribution in [-0.2, 0) is 11.3 Å². The minimum Gasteiger partial charge on any atom is -0.325 e. The lowest BCUT2D eigenvalue weighted by molar-refractivity contribution is -0.116. The quantitative estimate of drug-likeness (QED) is 0.931. The Morgan fingerprint density at radius 3 is 2.50 bits per heavy atom. The van der Waals surface area contributed by atoms with Gasteiger partial charge < -0.3 is 9.88 Å². The second-order valence-electron chi connectivity index (χ2n) is 4.94. The molecule has 1 aromatic carbocycles. The zero-order valence-electron chi connectivity index (χ0n) is 11.9. The van der Waals surface area contributed by atoms with Crippen molar-refractivity contribution in [2.45, 2.75) is 27.3 Å². The van der Waals surface area contributed by atoms with Crippen LogP contribution in [0, 0.1) is 20.8 Å². The summed E-state index contributed by atoms with van der Waals surface area (Å²) < 4.78 is 1.45. The Bertz CT molecular complexity index is 702. The Morgan fingerprint density at radius 1 is 1.10 bits per heavy atom. The largest absolute Gasteiger partial charge is 0.325 e.